The maximum atomic E-state index is 4.33. The lowest BCUT2D eigenvalue weighted by atomic mass is 10.3. The molecule has 0 radical (unpaired) electrons. The quantitative estimate of drug-likeness (QED) is 0.751. The Morgan fingerprint density at radius 3 is 3.13 bits per heavy atom. The number of aryl methyl sites for hydroxylation is 1. The minimum Gasteiger partial charge on any atom is -0.352 e. The SMILES string of the molecule is CCn1cc(CNC2=NCC(C)N2)cn1. The average molecular weight is 207 g/mol. The Hall–Kier alpha value is -1.52. The Morgan fingerprint density at radius 1 is 1.67 bits per heavy atom. The molecule has 82 valence electrons. The molecule has 2 rings (SSSR count). The Morgan fingerprint density at radius 2 is 2.53 bits per heavy atom. The van der Waals surface area contributed by atoms with Gasteiger partial charge in [0.1, 0.15) is 0 Å². The molecule has 2 N–H and O–H groups in total. The van der Waals surface area contributed by atoms with Gasteiger partial charge in [-0.05, 0) is 13.8 Å². The Bertz CT molecular complexity index is 354. The molecule has 0 amide bonds. The van der Waals surface area contributed by atoms with Crippen molar-refractivity contribution in [3.05, 3.63) is 18.0 Å². The number of aliphatic imine (C=N–C) groups is 1. The molecule has 1 aromatic rings. The predicted molar refractivity (Wildman–Crippen MR) is 59.6 cm³/mol. The van der Waals surface area contributed by atoms with E-state index in [0.29, 0.717) is 6.04 Å². The van der Waals surface area contributed by atoms with Crippen LogP contribution in [0.1, 0.15) is 19.4 Å². The van der Waals surface area contributed by atoms with Crippen molar-refractivity contribution in [3.63, 3.8) is 0 Å². The van der Waals surface area contributed by atoms with Crippen LogP contribution in [0.5, 0.6) is 0 Å². The van der Waals surface area contributed by atoms with Crippen LogP contribution in [0.2, 0.25) is 0 Å². The van der Waals surface area contributed by atoms with Crippen molar-refractivity contribution >= 4 is 5.96 Å². The molecule has 1 atom stereocenters. The molecule has 1 aliphatic heterocycles. The summed E-state index contributed by atoms with van der Waals surface area (Å²) in [4.78, 5) is 4.33. The molecule has 1 aliphatic rings. The molecule has 15 heavy (non-hydrogen) atoms. The van der Waals surface area contributed by atoms with Crippen molar-refractivity contribution in [3.8, 4) is 0 Å². The standard InChI is InChI=1S/C10H17N5/c1-3-15-7-9(6-13-15)5-12-10-11-4-8(2)14-10/h6-8H,3-5H2,1-2H3,(H2,11,12,14). The second kappa shape index (κ2) is 4.33. The van der Waals surface area contributed by atoms with Gasteiger partial charge in [-0.1, -0.05) is 0 Å². The molecule has 1 unspecified atom stereocenters. The number of aromatic nitrogens is 2. The predicted octanol–water partition coefficient (Wildman–Crippen LogP) is 0.340. The van der Waals surface area contributed by atoms with Crippen molar-refractivity contribution in [2.24, 2.45) is 4.99 Å². The van der Waals surface area contributed by atoms with Gasteiger partial charge in [0.25, 0.3) is 0 Å². The summed E-state index contributed by atoms with van der Waals surface area (Å²) in [5, 5.41) is 10.7. The molecule has 0 saturated heterocycles. The number of nitrogens with one attached hydrogen (secondary N) is 2. The van der Waals surface area contributed by atoms with E-state index in [9.17, 15) is 0 Å². The molecular formula is C10H17N5. The van der Waals surface area contributed by atoms with E-state index in [2.05, 4.69) is 34.6 Å². The molecule has 0 aliphatic carbocycles. The van der Waals surface area contributed by atoms with Crippen molar-refractivity contribution < 1.29 is 0 Å². The zero-order valence-corrected chi connectivity index (χ0v) is 9.20. The van der Waals surface area contributed by atoms with Crippen LogP contribution in [-0.4, -0.2) is 28.3 Å². The van der Waals surface area contributed by atoms with Crippen LogP contribution in [0.25, 0.3) is 0 Å². The molecule has 2 heterocycles. The monoisotopic (exact) mass is 207 g/mol. The van der Waals surface area contributed by atoms with E-state index >= 15 is 0 Å². The van der Waals surface area contributed by atoms with E-state index in [4.69, 9.17) is 0 Å². The first-order valence-electron chi connectivity index (χ1n) is 5.34. The summed E-state index contributed by atoms with van der Waals surface area (Å²) in [6.45, 7) is 6.74. The lowest BCUT2D eigenvalue weighted by Crippen LogP contribution is -2.37. The fraction of sp³-hybridized carbons (Fsp3) is 0.600. The van der Waals surface area contributed by atoms with Gasteiger partial charge in [0.05, 0.1) is 12.7 Å². The van der Waals surface area contributed by atoms with Crippen LogP contribution in [0, 0.1) is 0 Å². The highest BCUT2D eigenvalue weighted by atomic mass is 15.3. The largest absolute Gasteiger partial charge is 0.352 e. The summed E-state index contributed by atoms with van der Waals surface area (Å²) in [7, 11) is 0. The minimum absolute atomic E-state index is 0.450. The van der Waals surface area contributed by atoms with Gasteiger partial charge in [-0.15, -0.1) is 0 Å². The van der Waals surface area contributed by atoms with Gasteiger partial charge in [-0.25, -0.2) is 0 Å². The van der Waals surface area contributed by atoms with Gasteiger partial charge in [0, 0.05) is 30.9 Å². The van der Waals surface area contributed by atoms with Gasteiger partial charge in [-0.3, -0.25) is 9.67 Å². The van der Waals surface area contributed by atoms with E-state index in [1.807, 2.05) is 17.1 Å². The molecule has 5 heteroatoms. The van der Waals surface area contributed by atoms with Crippen molar-refractivity contribution in [1.82, 2.24) is 20.4 Å². The Kier molecular flexibility index (Phi) is 2.89. The number of rotatable bonds is 3. The smallest absolute Gasteiger partial charge is 0.191 e. The van der Waals surface area contributed by atoms with Crippen LogP contribution in [0.15, 0.2) is 17.4 Å². The van der Waals surface area contributed by atoms with E-state index in [0.717, 1.165) is 25.6 Å². The number of hydrogen-bond acceptors (Lipinski definition) is 4. The molecule has 0 saturated carbocycles. The Balaban J connectivity index is 1.83. The van der Waals surface area contributed by atoms with Gasteiger partial charge in [-0.2, -0.15) is 5.10 Å². The van der Waals surface area contributed by atoms with E-state index in [1.165, 1.54) is 5.56 Å². The first-order chi connectivity index (χ1) is 7.28. The van der Waals surface area contributed by atoms with Crippen LogP contribution >= 0.6 is 0 Å². The number of nitrogens with zero attached hydrogens (tertiary/aromatic N) is 3. The fourth-order valence-electron chi connectivity index (χ4n) is 1.52. The molecule has 1 aromatic heterocycles. The molecule has 0 aromatic carbocycles. The van der Waals surface area contributed by atoms with Crippen molar-refractivity contribution in [2.75, 3.05) is 6.54 Å². The summed E-state index contributed by atoms with van der Waals surface area (Å²) >= 11 is 0. The zero-order chi connectivity index (χ0) is 10.7. The van der Waals surface area contributed by atoms with Crippen molar-refractivity contribution in [1.29, 1.82) is 0 Å². The molecule has 0 fully saturated rings. The highest BCUT2D eigenvalue weighted by Crippen LogP contribution is 1.98. The van der Waals surface area contributed by atoms with Crippen LogP contribution in [0.4, 0.5) is 0 Å². The van der Waals surface area contributed by atoms with Gasteiger partial charge in [0.2, 0.25) is 0 Å². The maximum Gasteiger partial charge on any atom is 0.191 e. The average Bonchev–Trinajstić information content (AvgIpc) is 2.83. The van der Waals surface area contributed by atoms with Gasteiger partial charge < -0.3 is 10.6 Å². The van der Waals surface area contributed by atoms with E-state index in [1.54, 1.807) is 0 Å². The van der Waals surface area contributed by atoms with Gasteiger partial charge in [0.15, 0.2) is 5.96 Å². The third-order valence-electron chi connectivity index (χ3n) is 2.38. The first kappa shape index (κ1) is 10.0. The number of hydrogen-bond donors (Lipinski definition) is 2. The minimum atomic E-state index is 0.450. The Labute approximate surface area is 89.6 Å². The van der Waals surface area contributed by atoms with E-state index < -0.39 is 0 Å². The highest BCUT2D eigenvalue weighted by molar-refractivity contribution is 5.81. The second-order valence-corrected chi connectivity index (χ2v) is 3.79. The molecular weight excluding hydrogens is 190 g/mol. The van der Waals surface area contributed by atoms with E-state index in [-0.39, 0.29) is 0 Å². The summed E-state index contributed by atoms with van der Waals surface area (Å²) in [5.41, 5.74) is 1.18. The van der Waals surface area contributed by atoms with Crippen LogP contribution in [-0.2, 0) is 13.1 Å². The lowest BCUT2D eigenvalue weighted by molar-refractivity contribution is 0.658. The van der Waals surface area contributed by atoms with Crippen molar-refractivity contribution in [2.45, 2.75) is 33.0 Å². The number of guanidine groups is 1. The summed E-state index contributed by atoms with van der Waals surface area (Å²) in [6.07, 6.45) is 3.93. The zero-order valence-electron chi connectivity index (χ0n) is 9.20. The first-order valence-corrected chi connectivity index (χ1v) is 5.34. The summed E-state index contributed by atoms with van der Waals surface area (Å²) in [6, 6.07) is 0.450. The molecule has 0 spiro atoms. The highest BCUT2D eigenvalue weighted by Gasteiger charge is 2.11. The third-order valence-corrected chi connectivity index (χ3v) is 2.38. The van der Waals surface area contributed by atoms with Crippen LogP contribution in [0.3, 0.4) is 0 Å². The maximum absolute atomic E-state index is 4.33. The molecule has 5 nitrogen and oxygen atoms in total. The summed E-state index contributed by atoms with van der Waals surface area (Å²) in [5.74, 6) is 0.895. The van der Waals surface area contributed by atoms with Gasteiger partial charge >= 0.3 is 0 Å². The third kappa shape index (κ3) is 2.49. The fourth-order valence-corrected chi connectivity index (χ4v) is 1.52. The topological polar surface area (TPSA) is 54.2 Å². The van der Waals surface area contributed by atoms with Crippen LogP contribution < -0.4 is 10.6 Å². The molecule has 0 bridgehead atoms. The normalized spacial score (nSPS) is 19.9. The lowest BCUT2D eigenvalue weighted by Gasteiger charge is -2.07. The summed E-state index contributed by atoms with van der Waals surface area (Å²) < 4.78 is 1.92. The second-order valence-electron chi connectivity index (χ2n) is 3.79.